The maximum Gasteiger partial charge on any atom is 0.250 e. The van der Waals surface area contributed by atoms with Crippen LogP contribution in [0, 0.1) is 6.92 Å². The van der Waals surface area contributed by atoms with Gasteiger partial charge >= 0.3 is 0 Å². The van der Waals surface area contributed by atoms with Crippen molar-refractivity contribution in [3.63, 3.8) is 0 Å². The molecule has 23 heavy (non-hydrogen) atoms. The topological polar surface area (TPSA) is 42.1 Å². The second kappa shape index (κ2) is 6.63. The van der Waals surface area contributed by atoms with Crippen molar-refractivity contribution in [2.45, 2.75) is 31.7 Å². The van der Waals surface area contributed by atoms with Gasteiger partial charge in [-0.3, -0.25) is 0 Å². The van der Waals surface area contributed by atoms with Crippen molar-refractivity contribution < 1.29 is 8.78 Å². The Bertz CT molecular complexity index is 644. The minimum atomic E-state index is -2.51. The van der Waals surface area contributed by atoms with Crippen LogP contribution in [0.25, 0.3) is 10.4 Å². The predicted octanol–water partition coefficient (Wildman–Crippen LogP) is 3.85. The monoisotopic (exact) mass is 337 g/mol. The number of rotatable bonds is 4. The standard InChI is InChI=1S/C17H21F2N3S/c1-12-16(23-11-21-12)14-4-2-13(3-5-14)15(20)10-22-8-6-17(18,19)7-9-22/h2-5,11,15H,6-10,20H2,1H3. The molecule has 0 spiro atoms. The molecule has 0 amide bonds. The van der Waals surface area contributed by atoms with E-state index in [2.05, 4.69) is 17.1 Å². The van der Waals surface area contributed by atoms with Gasteiger partial charge in [0.05, 0.1) is 16.1 Å². The van der Waals surface area contributed by atoms with Gasteiger partial charge in [-0.1, -0.05) is 24.3 Å². The van der Waals surface area contributed by atoms with E-state index in [1.54, 1.807) is 11.3 Å². The highest BCUT2D eigenvalue weighted by atomic mass is 32.1. The first-order valence-corrected chi connectivity index (χ1v) is 8.69. The van der Waals surface area contributed by atoms with Crippen molar-refractivity contribution >= 4 is 11.3 Å². The quantitative estimate of drug-likeness (QED) is 0.921. The number of likely N-dealkylation sites (tertiary alicyclic amines) is 1. The van der Waals surface area contributed by atoms with Crippen molar-refractivity contribution in [3.05, 3.63) is 41.0 Å². The number of alkyl halides is 2. The zero-order chi connectivity index (χ0) is 16.4. The predicted molar refractivity (Wildman–Crippen MR) is 89.8 cm³/mol. The minimum absolute atomic E-state index is 0.0662. The lowest BCUT2D eigenvalue weighted by atomic mass is 10.0. The molecule has 3 rings (SSSR count). The Morgan fingerprint density at radius 2 is 1.91 bits per heavy atom. The van der Waals surface area contributed by atoms with Gasteiger partial charge in [-0.15, -0.1) is 11.3 Å². The van der Waals surface area contributed by atoms with E-state index in [1.165, 1.54) is 4.88 Å². The maximum absolute atomic E-state index is 13.2. The van der Waals surface area contributed by atoms with Gasteiger partial charge in [0.1, 0.15) is 0 Å². The first-order valence-electron chi connectivity index (χ1n) is 7.81. The summed E-state index contributed by atoms with van der Waals surface area (Å²) in [4.78, 5) is 7.47. The number of hydrogen-bond acceptors (Lipinski definition) is 4. The number of nitrogens with two attached hydrogens (primary N) is 1. The van der Waals surface area contributed by atoms with Crippen molar-refractivity contribution in [3.8, 4) is 10.4 Å². The zero-order valence-corrected chi connectivity index (χ0v) is 14.0. The molecule has 0 aliphatic carbocycles. The number of nitrogens with zero attached hydrogens (tertiary/aromatic N) is 2. The van der Waals surface area contributed by atoms with E-state index in [0.29, 0.717) is 19.6 Å². The van der Waals surface area contributed by atoms with Gasteiger partial charge in [-0.05, 0) is 18.1 Å². The molecule has 1 aromatic carbocycles. The Labute approximate surface area is 139 Å². The lowest BCUT2D eigenvalue weighted by Crippen LogP contribution is -2.42. The summed E-state index contributed by atoms with van der Waals surface area (Å²) in [6.07, 6.45) is -0.132. The molecule has 0 bridgehead atoms. The fourth-order valence-corrected chi connectivity index (χ4v) is 3.72. The molecule has 1 aromatic heterocycles. The van der Waals surface area contributed by atoms with Crippen molar-refractivity contribution in [1.82, 2.24) is 9.88 Å². The molecule has 0 saturated carbocycles. The second-order valence-electron chi connectivity index (χ2n) is 6.15. The molecule has 2 N–H and O–H groups in total. The van der Waals surface area contributed by atoms with Crippen LogP contribution in [0.3, 0.4) is 0 Å². The number of benzene rings is 1. The van der Waals surface area contributed by atoms with E-state index in [4.69, 9.17) is 5.73 Å². The Balaban J connectivity index is 1.62. The highest BCUT2D eigenvalue weighted by Gasteiger charge is 2.34. The van der Waals surface area contributed by atoms with Gasteiger partial charge in [-0.2, -0.15) is 0 Å². The number of aryl methyl sites for hydroxylation is 1. The largest absolute Gasteiger partial charge is 0.323 e. The lowest BCUT2D eigenvalue weighted by Gasteiger charge is -2.33. The lowest BCUT2D eigenvalue weighted by molar-refractivity contribution is -0.0558. The average Bonchev–Trinajstić information content (AvgIpc) is 2.96. The van der Waals surface area contributed by atoms with Gasteiger partial charge in [0, 0.05) is 38.5 Å². The number of halogens is 2. The van der Waals surface area contributed by atoms with Crippen LogP contribution in [0.1, 0.15) is 30.1 Å². The SMILES string of the molecule is Cc1ncsc1-c1ccc(C(N)CN2CCC(F)(F)CC2)cc1. The van der Waals surface area contributed by atoms with Crippen molar-refractivity contribution in [2.75, 3.05) is 19.6 Å². The Hall–Kier alpha value is -1.37. The van der Waals surface area contributed by atoms with Crippen LogP contribution in [0.2, 0.25) is 0 Å². The summed E-state index contributed by atoms with van der Waals surface area (Å²) in [6.45, 7) is 3.45. The summed E-state index contributed by atoms with van der Waals surface area (Å²) in [7, 11) is 0. The average molecular weight is 337 g/mol. The van der Waals surface area contributed by atoms with Gasteiger partial charge < -0.3 is 10.6 Å². The Morgan fingerprint density at radius 3 is 2.48 bits per heavy atom. The van der Waals surface area contributed by atoms with E-state index < -0.39 is 5.92 Å². The van der Waals surface area contributed by atoms with E-state index in [1.807, 2.05) is 29.5 Å². The molecule has 3 nitrogen and oxygen atoms in total. The number of thiazole rings is 1. The fourth-order valence-electron chi connectivity index (χ4n) is 2.91. The second-order valence-corrected chi connectivity index (χ2v) is 7.01. The third-order valence-electron chi connectivity index (χ3n) is 4.39. The van der Waals surface area contributed by atoms with Crippen molar-refractivity contribution in [2.24, 2.45) is 5.73 Å². The van der Waals surface area contributed by atoms with Gasteiger partial charge in [-0.25, -0.2) is 13.8 Å². The first-order chi connectivity index (χ1) is 10.9. The van der Waals surface area contributed by atoms with Crippen LogP contribution >= 0.6 is 11.3 Å². The maximum atomic E-state index is 13.2. The highest BCUT2D eigenvalue weighted by Crippen LogP contribution is 2.30. The number of aromatic nitrogens is 1. The van der Waals surface area contributed by atoms with Crippen LogP contribution < -0.4 is 5.73 Å². The van der Waals surface area contributed by atoms with Gasteiger partial charge in [0.2, 0.25) is 0 Å². The molecule has 1 saturated heterocycles. The van der Waals surface area contributed by atoms with E-state index >= 15 is 0 Å². The van der Waals surface area contributed by atoms with E-state index in [-0.39, 0.29) is 18.9 Å². The Morgan fingerprint density at radius 1 is 1.26 bits per heavy atom. The molecule has 1 aliphatic rings. The summed E-state index contributed by atoms with van der Waals surface area (Å²) in [5.41, 5.74) is 11.3. The van der Waals surface area contributed by atoms with Crippen LogP contribution in [0.15, 0.2) is 29.8 Å². The summed E-state index contributed by atoms with van der Waals surface area (Å²) in [5, 5.41) is 0. The normalized spacial score (nSPS) is 19.7. The summed E-state index contributed by atoms with van der Waals surface area (Å²) >= 11 is 1.62. The van der Waals surface area contributed by atoms with Gasteiger partial charge in [0.25, 0.3) is 5.92 Å². The zero-order valence-electron chi connectivity index (χ0n) is 13.1. The third kappa shape index (κ3) is 3.94. The molecular formula is C17H21F2N3S. The molecule has 124 valence electrons. The smallest absolute Gasteiger partial charge is 0.250 e. The van der Waals surface area contributed by atoms with Crippen LogP contribution in [0.4, 0.5) is 8.78 Å². The molecule has 0 radical (unpaired) electrons. The summed E-state index contributed by atoms with van der Waals surface area (Å²) in [6, 6.07) is 8.01. The molecule has 1 atom stereocenters. The van der Waals surface area contributed by atoms with Crippen LogP contribution in [-0.2, 0) is 0 Å². The fraction of sp³-hybridized carbons (Fsp3) is 0.471. The third-order valence-corrected chi connectivity index (χ3v) is 5.37. The number of piperidine rings is 1. The van der Waals surface area contributed by atoms with Crippen molar-refractivity contribution in [1.29, 1.82) is 0 Å². The van der Waals surface area contributed by atoms with Crippen LogP contribution in [0.5, 0.6) is 0 Å². The molecule has 2 heterocycles. The summed E-state index contributed by atoms with van der Waals surface area (Å²) in [5.74, 6) is -2.51. The van der Waals surface area contributed by atoms with Crippen LogP contribution in [-0.4, -0.2) is 35.4 Å². The van der Waals surface area contributed by atoms with Gasteiger partial charge in [0.15, 0.2) is 0 Å². The molecule has 1 fully saturated rings. The Kier molecular flexibility index (Phi) is 4.75. The number of hydrogen-bond donors (Lipinski definition) is 1. The molecule has 1 unspecified atom stereocenters. The molecular weight excluding hydrogens is 316 g/mol. The van der Waals surface area contributed by atoms with E-state index in [9.17, 15) is 8.78 Å². The first kappa shape index (κ1) is 16.5. The molecule has 1 aliphatic heterocycles. The molecule has 2 aromatic rings. The van der Waals surface area contributed by atoms with E-state index in [0.717, 1.165) is 16.8 Å². The molecule has 6 heteroatoms. The highest BCUT2D eigenvalue weighted by molar-refractivity contribution is 7.13. The minimum Gasteiger partial charge on any atom is -0.323 e. The summed E-state index contributed by atoms with van der Waals surface area (Å²) < 4.78 is 26.4.